The number of halogens is 2. The lowest BCUT2D eigenvalue weighted by molar-refractivity contribution is -0.145. The Labute approximate surface area is 145 Å². The fraction of sp³-hybridized carbons (Fsp3) is 0.263. The van der Waals surface area contributed by atoms with E-state index in [0.717, 1.165) is 17.7 Å². The van der Waals surface area contributed by atoms with E-state index < -0.39 is 23.0 Å². The summed E-state index contributed by atoms with van der Waals surface area (Å²) in [6.45, 7) is 3.35. The van der Waals surface area contributed by atoms with E-state index in [4.69, 9.17) is 0 Å². The number of nitrogens with zero attached hydrogens (tertiary/aromatic N) is 1. The second-order valence-electron chi connectivity index (χ2n) is 6.35. The van der Waals surface area contributed by atoms with E-state index in [0.29, 0.717) is 6.54 Å². The molecule has 1 N–H and O–H groups in total. The summed E-state index contributed by atoms with van der Waals surface area (Å²) in [5.41, 5.74) is -0.334. The number of anilines is 1. The van der Waals surface area contributed by atoms with Gasteiger partial charge in [-0.15, -0.1) is 0 Å². The molecule has 0 bridgehead atoms. The van der Waals surface area contributed by atoms with Gasteiger partial charge in [0.1, 0.15) is 5.41 Å². The first-order valence-corrected chi connectivity index (χ1v) is 7.78. The SMILES string of the molecule is CN(Cc1ccccc1)C(=O)C(C)(C)C(=O)Nc1ccc(F)c(F)c1. The third-order valence-electron chi connectivity index (χ3n) is 3.89. The molecule has 4 nitrogen and oxygen atoms in total. The van der Waals surface area contributed by atoms with Crippen LogP contribution in [0, 0.1) is 17.0 Å². The lowest BCUT2D eigenvalue weighted by atomic mass is 9.90. The fourth-order valence-electron chi connectivity index (χ4n) is 2.36. The topological polar surface area (TPSA) is 49.4 Å². The molecule has 2 amide bonds. The average molecular weight is 346 g/mol. The quantitative estimate of drug-likeness (QED) is 0.841. The average Bonchev–Trinajstić information content (AvgIpc) is 2.58. The van der Waals surface area contributed by atoms with Gasteiger partial charge in [-0.3, -0.25) is 9.59 Å². The molecule has 2 aromatic rings. The summed E-state index contributed by atoms with van der Waals surface area (Å²) in [4.78, 5) is 26.6. The van der Waals surface area contributed by atoms with Crippen molar-refractivity contribution in [3.63, 3.8) is 0 Å². The minimum Gasteiger partial charge on any atom is -0.341 e. The van der Waals surface area contributed by atoms with Crippen LogP contribution in [0.4, 0.5) is 14.5 Å². The van der Waals surface area contributed by atoms with Crippen molar-refractivity contribution in [2.24, 2.45) is 5.41 Å². The molecule has 2 rings (SSSR count). The van der Waals surface area contributed by atoms with Gasteiger partial charge in [0, 0.05) is 25.3 Å². The highest BCUT2D eigenvalue weighted by Crippen LogP contribution is 2.23. The molecule has 0 heterocycles. The van der Waals surface area contributed by atoms with Crippen molar-refractivity contribution < 1.29 is 18.4 Å². The minimum atomic E-state index is -1.37. The Morgan fingerprint density at radius 1 is 1.04 bits per heavy atom. The molecule has 2 aromatic carbocycles. The Bertz CT molecular complexity index is 776. The van der Waals surface area contributed by atoms with Gasteiger partial charge in [-0.2, -0.15) is 0 Å². The van der Waals surface area contributed by atoms with Crippen LogP contribution in [-0.2, 0) is 16.1 Å². The monoisotopic (exact) mass is 346 g/mol. The molecule has 0 aliphatic rings. The molecule has 0 fully saturated rings. The number of carbonyl (C=O) groups excluding carboxylic acids is 2. The second-order valence-corrected chi connectivity index (χ2v) is 6.35. The number of hydrogen-bond donors (Lipinski definition) is 1. The molecule has 0 aliphatic carbocycles. The maximum absolute atomic E-state index is 13.3. The first kappa shape index (κ1) is 18.6. The van der Waals surface area contributed by atoms with Gasteiger partial charge in [-0.25, -0.2) is 8.78 Å². The van der Waals surface area contributed by atoms with Crippen molar-refractivity contribution in [2.75, 3.05) is 12.4 Å². The number of amides is 2. The normalized spacial score (nSPS) is 11.1. The maximum Gasteiger partial charge on any atom is 0.239 e. The molecule has 0 saturated heterocycles. The van der Waals surface area contributed by atoms with Crippen LogP contribution in [-0.4, -0.2) is 23.8 Å². The van der Waals surface area contributed by atoms with Gasteiger partial charge in [0.15, 0.2) is 11.6 Å². The Balaban J connectivity index is 2.08. The molecule has 0 saturated carbocycles. The van der Waals surface area contributed by atoms with Gasteiger partial charge >= 0.3 is 0 Å². The summed E-state index contributed by atoms with van der Waals surface area (Å²) >= 11 is 0. The summed E-state index contributed by atoms with van der Waals surface area (Å²) in [5.74, 6) is -3.04. The lowest BCUT2D eigenvalue weighted by Gasteiger charge is -2.28. The van der Waals surface area contributed by atoms with Crippen LogP contribution in [0.3, 0.4) is 0 Å². The summed E-state index contributed by atoms with van der Waals surface area (Å²) in [6.07, 6.45) is 0. The number of rotatable bonds is 5. The molecule has 0 aromatic heterocycles. The van der Waals surface area contributed by atoms with Crippen LogP contribution in [0.15, 0.2) is 48.5 Å². The highest BCUT2D eigenvalue weighted by atomic mass is 19.2. The minimum absolute atomic E-state index is 0.0930. The Morgan fingerprint density at radius 2 is 1.68 bits per heavy atom. The van der Waals surface area contributed by atoms with Gasteiger partial charge in [0.25, 0.3) is 0 Å². The summed E-state index contributed by atoms with van der Waals surface area (Å²) in [5, 5.41) is 2.46. The number of nitrogens with one attached hydrogen (secondary N) is 1. The molecule has 0 unspecified atom stereocenters. The van der Waals surface area contributed by atoms with E-state index in [1.165, 1.54) is 24.8 Å². The zero-order chi connectivity index (χ0) is 18.6. The highest BCUT2D eigenvalue weighted by molar-refractivity contribution is 6.09. The molecule has 6 heteroatoms. The van der Waals surface area contributed by atoms with Crippen molar-refractivity contribution in [1.82, 2.24) is 4.90 Å². The van der Waals surface area contributed by atoms with Crippen molar-refractivity contribution in [2.45, 2.75) is 20.4 Å². The zero-order valence-electron chi connectivity index (χ0n) is 14.3. The Kier molecular flexibility index (Phi) is 5.51. The molecule has 132 valence electrons. The van der Waals surface area contributed by atoms with Crippen molar-refractivity contribution in [3.8, 4) is 0 Å². The van der Waals surface area contributed by atoms with Gasteiger partial charge in [-0.1, -0.05) is 30.3 Å². The van der Waals surface area contributed by atoms with E-state index in [9.17, 15) is 18.4 Å². The lowest BCUT2D eigenvalue weighted by Crippen LogP contribution is -2.45. The summed E-state index contributed by atoms with van der Waals surface area (Å²) in [6, 6.07) is 12.4. The third-order valence-corrected chi connectivity index (χ3v) is 3.89. The number of benzene rings is 2. The Hall–Kier alpha value is -2.76. The van der Waals surface area contributed by atoms with Crippen LogP contribution in [0.5, 0.6) is 0 Å². The van der Waals surface area contributed by atoms with Crippen molar-refractivity contribution >= 4 is 17.5 Å². The summed E-state index contributed by atoms with van der Waals surface area (Å²) < 4.78 is 26.2. The van der Waals surface area contributed by atoms with Crippen LogP contribution in [0.25, 0.3) is 0 Å². The predicted molar refractivity (Wildman–Crippen MR) is 91.7 cm³/mol. The molecular formula is C19H20F2N2O2. The third kappa shape index (κ3) is 4.41. The van der Waals surface area contributed by atoms with Crippen LogP contribution in [0.1, 0.15) is 19.4 Å². The summed E-state index contributed by atoms with van der Waals surface area (Å²) in [7, 11) is 1.61. The van der Waals surface area contributed by atoms with E-state index in [-0.39, 0.29) is 11.6 Å². The van der Waals surface area contributed by atoms with Gasteiger partial charge in [0.05, 0.1) is 0 Å². The molecular weight excluding hydrogens is 326 g/mol. The number of hydrogen-bond acceptors (Lipinski definition) is 2. The van der Waals surface area contributed by atoms with Crippen LogP contribution < -0.4 is 5.32 Å². The van der Waals surface area contributed by atoms with Gasteiger partial charge < -0.3 is 10.2 Å². The van der Waals surface area contributed by atoms with Crippen molar-refractivity contribution in [3.05, 3.63) is 65.7 Å². The first-order chi connectivity index (χ1) is 11.7. The van der Waals surface area contributed by atoms with Gasteiger partial charge in [-0.05, 0) is 31.5 Å². The molecule has 0 aliphatic heterocycles. The highest BCUT2D eigenvalue weighted by Gasteiger charge is 2.38. The fourth-order valence-corrected chi connectivity index (χ4v) is 2.36. The van der Waals surface area contributed by atoms with E-state index in [1.807, 2.05) is 30.3 Å². The van der Waals surface area contributed by atoms with Gasteiger partial charge in [0.2, 0.25) is 11.8 Å². The molecule has 0 radical (unpaired) electrons. The zero-order valence-corrected chi connectivity index (χ0v) is 14.3. The van der Waals surface area contributed by atoms with Crippen LogP contribution >= 0.6 is 0 Å². The maximum atomic E-state index is 13.3. The van der Waals surface area contributed by atoms with E-state index in [1.54, 1.807) is 7.05 Å². The largest absolute Gasteiger partial charge is 0.341 e. The Morgan fingerprint density at radius 3 is 2.28 bits per heavy atom. The van der Waals surface area contributed by atoms with Crippen molar-refractivity contribution in [1.29, 1.82) is 0 Å². The first-order valence-electron chi connectivity index (χ1n) is 7.78. The van der Waals surface area contributed by atoms with Crippen LogP contribution in [0.2, 0.25) is 0 Å². The predicted octanol–water partition coefficient (Wildman–Crippen LogP) is 3.59. The van der Waals surface area contributed by atoms with E-state index in [2.05, 4.69) is 5.32 Å². The standard InChI is InChI=1S/C19H20F2N2O2/c1-19(2,17(24)22-14-9-10-15(20)16(21)11-14)18(25)23(3)12-13-7-5-4-6-8-13/h4-11H,12H2,1-3H3,(H,22,24). The molecule has 25 heavy (non-hydrogen) atoms. The van der Waals surface area contributed by atoms with E-state index >= 15 is 0 Å². The number of carbonyl (C=O) groups is 2. The smallest absolute Gasteiger partial charge is 0.239 e. The second kappa shape index (κ2) is 7.42. The molecule has 0 atom stereocenters. The molecule has 0 spiro atoms.